The maximum absolute atomic E-state index is 11.9. The molecule has 0 heterocycles. The highest BCUT2D eigenvalue weighted by Gasteiger charge is 2.22. The zero-order valence-corrected chi connectivity index (χ0v) is 13.1. The molecule has 0 aromatic rings. The SMILES string of the molecule is CCC(N)(CC)CCNC(=O)C(CCS)NC(C)=O. The lowest BCUT2D eigenvalue weighted by Crippen LogP contribution is -2.48. The Balaban J connectivity index is 4.22. The van der Waals surface area contributed by atoms with E-state index in [1.54, 1.807) is 0 Å². The largest absolute Gasteiger partial charge is 0.354 e. The Morgan fingerprint density at radius 2 is 1.89 bits per heavy atom. The van der Waals surface area contributed by atoms with Gasteiger partial charge >= 0.3 is 0 Å². The average molecular weight is 289 g/mol. The fourth-order valence-electron chi connectivity index (χ4n) is 1.80. The van der Waals surface area contributed by atoms with Crippen molar-refractivity contribution in [1.29, 1.82) is 0 Å². The van der Waals surface area contributed by atoms with Crippen molar-refractivity contribution in [2.75, 3.05) is 12.3 Å². The van der Waals surface area contributed by atoms with Crippen LogP contribution in [0.1, 0.15) is 46.5 Å². The van der Waals surface area contributed by atoms with Crippen LogP contribution in [-0.2, 0) is 9.59 Å². The number of nitrogens with one attached hydrogen (secondary N) is 2. The van der Waals surface area contributed by atoms with Gasteiger partial charge in [0.2, 0.25) is 11.8 Å². The molecule has 0 aliphatic heterocycles. The van der Waals surface area contributed by atoms with Crippen molar-refractivity contribution < 1.29 is 9.59 Å². The van der Waals surface area contributed by atoms with Gasteiger partial charge in [-0.15, -0.1) is 0 Å². The Hall–Kier alpha value is -0.750. The number of rotatable bonds is 9. The quantitative estimate of drug-likeness (QED) is 0.475. The Kier molecular flexibility index (Phi) is 8.84. The topological polar surface area (TPSA) is 84.2 Å². The molecule has 5 nitrogen and oxygen atoms in total. The van der Waals surface area contributed by atoms with Crippen LogP contribution < -0.4 is 16.4 Å². The van der Waals surface area contributed by atoms with Gasteiger partial charge in [-0.2, -0.15) is 12.6 Å². The van der Waals surface area contributed by atoms with E-state index >= 15 is 0 Å². The summed E-state index contributed by atoms with van der Waals surface area (Å²) >= 11 is 4.09. The van der Waals surface area contributed by atoms with Crippen LogP contribution in [0.2, 0.25) is 0 Å². The van der Waals surface area contributed by atoms with Crippen LogP contribution in [0.5, 0.6) is 0 Å². The van der Waals surface area contributed by atoms with Gasteiger partial charge in [-0.05, 0) is 31.4 Å². The Morgan fingerprint density at radius 1 is 1.32 bits per heavy atom. The van der Waals surface area contributed by atoms with E-state index in [1.807, 2.05) is 13.8 Å². The normalized spacial score (nSPS) is 12.9. The summed E-state index contributed by atoms with van der Waals surface area (Å²) in [5.41, 5.74) is 5.94. The molecule has 2 amide bonds. The van der Waals surface area contributed by atoms with E-state index in [0.717, 1.165) is 19.3 Å². The second-order valence-electron chi connectivity index (χ2n) is 4.88. The first-order chi connectivity index (χ1) is 8.88. The van der Waals surface area contributed by atoms with Gasteiger partial charge in [-0.25, -0.2) is 0 Å². The smallest absolute Gasteiger partial charge is 0.242 e. The average Bonchev–Trinajstić information content (AvgIpc) is 2.37. The molecule has 0 bridgehead atoms. The van der Waals surface area contributed by atoms with Gasteiger partial charge < -0.3 is 16.4 Å². The first-order valence-electron chi connectivity index (χ1n) is 6.83. The molecule has 0 aromatic carbocycles. The maximum Gasteiger partial charge on any atom is 0.242 e. The van der Waals surface area contributed by atoms with E-state index in [2.05, 4.69) is 23.3 Å². The standard InChI is InChI=1S/C13H27N3O2S/c1-4-13(14,5-2)7-8-15-12(18)11(6-9-19)16-10(3)17/h11,19H,4-9,14H2,1-3H3,(H,15,18)(H,16,17). The lowest BCUT2D eigenvalue weighted by molar-refractivity contribution is -0.128. The number of hydrogen-bond donors (Lipinski definition) is 4. The van der Waals surface area contributed by atoms with Crippen LogP contribution in [0.25, 0.3) is 0 Å². The minimum absolute atomic E-state index is 0.168. The Bertz CT molecular complexity index is 294. The number of nitrogens with two attached hydrogens (primary N) is 1. The van der Waals surface area contributed by atoms with Crippen LogP contribution in [0.3, 0.4) is 0 Å². The van der Waals surface area contributed by atoms with Crippen LogP contribution in [0.15, 0.2) is 0 Å². The third kappa shape index (κ3) is 7.42. The van der Waals surface area contributed by atoms with Crippen molar-refractivity contribution in [2.45, 2.75) is 58.0 Å². The van der Waals surface area contributed by atoms with Crippen molar-refractivity contribution >= 4 is 24.4 Å². The summed E-state index contributed by atoms with van der Waals surface area (Å²) in [6, 6.07) is -0.509. The Labute approximate surface area is 121 Å². The molecule has 0 saturated heterocycles. The van der Waals surface area contributed by atoms with Crippen LogP contribution in [0, 0.1) is 0 Å². The van der Waals surface area contributed by atoms with Crippen molar-refractivity contribution in [3.05, 3.63) is 0 Å². The minimum Gasteiger partial charge on any atom is -0.354 e. The van der Waals surface area contributed by atoms with Gasteiger partial charge in [0, 0.05) is 19.0 Å². The van der Waals surface area contributed by atoms with E-state index in [9.17, 15) is 9.59 Å². The molecule has 0 aliphatic carbocycles. The molecule has 0 aliphatic rings. The van der Waals surface area contributed by atoms with Gasteiger partial charge in [-0.1, -0.05) is 13.8 Å². The van der Waals surface area contributed by atoms with Crippen molar-refractivity contribution in [1.82, 2.24) is 10.6 Å². The molecule has 6 heteroatoms. The summed E-state index contributed by atoms with van der Waals surface area (Å²) in [7, 11) is 0. The third-order valence-corrected chi connectivity index (χ3v) is 3.70. The number of hydrogen-bond acceptors (Lipinski definition) is 4. The van der Waals surface area contributed by atoms with Gasteiger partial charge in [0.15, 0.2) is 0 Å². The second-order valence-corrected chi connectivity index (χ2v) is 5.32. The van der Waals surface area contributed by atoms with Crippen LogP contribution in [0.4, 0.5) is 0 Å². The van der Waals surface area contributed by atoms with E-state index in [-0.39, 0.29) is 17.4 Å². The zero-order valence-electron chi connectivity index (χ0n) is 12.2. The number of carbonyl (C=O) groups is 2. The van der Waals surface area contributed by atoms with Gasteiger partial charge in [0.25, 0.3) is 0 Å². The maximum atomic E-state index is 11.9. The minimum atomic E-state index is -0.509. The molecule has 0 aromatic heterocycles. The molecule has 19 heavy (non-hydrogen) atoms. The first-order valence-corrected chi connectivity index (χ1v) is 7.46. The van der Waals surface area contributed by atoms with Gasteiger partial charge in [-0.3, -0.25) is 9.59 Å². The van der Waals surface area contributed by atoms with Crippen molar-refractivity contribution in [3.8, 4) is 0 Å². The van der Waals surface area contributed by atoms with Crippen molar-refractivity contribution in [3.63, 3.8) is 0 Å². The lowest BCUT2D eigenvalue weighted by atomic mass is 9.90. The van der Waals surface area contributed by atoms with E-state index < -0.39 is 6.04 Å². The molecule has 1 atom stereocenters. The summed E-state index contributed by atoms with van der Waals surface area (Å²) < 4.78 is 0. The van der Waals surface area contributed by atoms with Gasteiger partial charge in [0.1, 0.15) is 6.04 Å². The fraction of sp³-hybridized carbons (Fsp3) is 0.846. The zero-order chi connectivity index (χ0) is 14.9. The lowest BCUT2D eigenvalue weighted by Gasteiger charge is -2.27. The molecule has 112 valence electrons. The number of thiol groups is 1. The molecular weight excluding hydrogens is 262 g/mol. The van der Waals surface area contributed by atoms with E-state index in [1.165, 1.54) is 6.92 Å². The molecule has 0 saturated carbocycles. The van der Waals surface area contributed by atoms with Crippen LogP contribution in [-0.4, -0.2) is 35.7 Å². The fourth-order valence-corrected chi connectivity index (χ4v) is 2.06. The molecular formula is C13H27N3O2S. The molecule has 0 fully saturated rings. The number of carbonyl (C=O) groups excluding carboxylic acids is 2. The highest BCUT2D eigenvalue weighted by atomic mass is 32.1. The summed E-state index contributed by atoms with van der Waals surface area (Å²) in [5.74, 6) is 0.166. The van der Waals surface area contributed by atoms with Crippen LogP contribution >= 0.6 is 12.6 Å². The van der Waals surface area contributed by atoms with Gasteiger partial charge in [0.05, 0.1) is 0 Å². The third-order valence-electron chi connectivity index (χ3n) is 3.44. The molecule has 0 radical (unpaired) electrons. The predicted octanol–water partition coefficient (Wildman–Crippen LogP) is 0.835. The first kappa shape index (κ1) is 18.2. The Morgan fingerprint density at radius 3 is 2.32 bits per heavy atom. The molecule has 0 rings (SSSR count). The molecule has 0 spiro atoms. The number of amides is 2. The predicted molar refractivity (Wildman–Crippen MR) is 81.2 cm³/mol. The summed E-state index contributed by atoms with van der Waals surface area (Å²) in [4.78, 5) is 23.0. The highest BCUT2D eigenvalue weighted by Crippen LogP contribution is 2.14. The molecule has 1 unspecified atom stereocenters. The molecule has 4 N–H and O–H groups in total. The van der Waals surface area contributed by atoms with Crippen molar-refractivity contribution in [2.24, 2.45) is 5.73 Å². The second kappa shape index (κ2) is 9.20. The monoisotopic (exact) mass is 289 g/mol. The summed E-state index contributed by atoms with van der Waals surface area (Å²) in [6.07, 6.45) is 3.01. The van der Waals surface area contributed by atoms with E-state index in [0.29, 0.717) is 18.7 Å². The highest BCUT2D eigenvalue weighted by molar-refractivity contribution is 7.80. The van der Waals surface area contributed by atoms with E-state index in [4.69, 9.17) is 5.73 Å². The summed E-state index contributed by atoms with van der Waals surface area (Å²) in [5, 5.41) is 5.45. The summed E-state index contributed by atoms with van der Waals surface area (Å²) in [6.45, 7) is 6.02.